The molecule has 0 spiro atoms. The zero-order valence-electron chi connectivity index (χ0n) is 12.5. The Balaban J connectivity index is 1.83. The minimum absolute atomic E-state index is 0.0985. The van der Waals surface area contributed by atoms with Crippen LogP contribution in [0.3, 0.4) is 0 Å². The van der Waals surface area contributed by atoms with Crippen molar-refractivity contribution < 1.29 is 9.84 Å². The smallest absolute Gasteiger partial charge is 0.169 e. The maximum atomic E-state index is 11.0. The highest BCUT2D eigenvalue weighted by Crippen LogP contribution is 2.54. The molecule has 1 aliphatic carbocycles. The maximum Gasteiger partial charge on any atom is 0.169 e. The van der Waals surface area contributed by atoms with E-state index in [1.807, 2.05) is 0 Å². The molecule has 1 N–H and O–H groups in total. The standard InChI is InChI=1S/C17H21Cl2NO2/c18-11-9-12-15(21)13-5-1-2-6-17(13,20-7-3-4-8-20)22-16(12)14(19)10-11/h9-10,13,15,21H,1-8H2/t13-,15-,17-/m0/s1. The number of hydrogen-bond acceptors (Lipinski definition) is 3. The van der Waals surface area contributed by atoms with Gasteiger partial charge in [-0.15, -0.1) is 0 Å². The van der Waals surface area contributed by atoms with E-state index in [1.54, 1.807) is 12.1 Å². The second-order valence-electron chi connectivity index (χ2n) is 6.74. The van der Waals surface area contributed by atoms with Crippen LogP contribution in [0.15, 0.2) is 12.1 Å². The van der Waals surface area contributed by atoms with Crippen LogP contribution < -0.4 is 4.74 Å². The third-order valence-electron chi connectivity index (χ3n) is 5.54. The van der Waals surface area contributed by atoms with Gasteiger partial charge in [-0.25, -0.2) is 0 Å². The Bertz CT molecular complexity index is 588. The van der Waals surface area contributed by atoms with E-state index in [2.05, 4.69) is 4.90 Å². The molecule has 2 fully saturated rings. The van der Waals surface area contributed by atoms with E-state index < -0.39 is 11.8 Å². The quantitative estimate of drug-likeness (QED) is 0.821. The first-order valence-corrected chi connectivity index (χ1v) is 8.98. The summed E-state index contributed by atoms with van der Waals surface area (Å²) in [5.41, 5.74) is 0.359. The molecule has 0 bridgehead atoms. The molecule has 3 nitrogen and oxygen atoms in total. The van der Waals surface area contributed by atoms with Gasteiger partial charge in [0.2, 0.25) is 0 Å². The molecule has 1 aromatic rings. The third-order valence-corrected chi connectivity index (χ3v) is 6.04. The Morgan fingerprint density at radius 2 is 1.91 bits per heavy atom. The van der Waals surface area contributed by atoms with Crippen molar-refractivity contribution in [2.75, 3.05) is 13.1 Å². The highest BCUT2D eigenvalue weighted by atomic mass is 35.5. The Morgan fingerprint density at radius 1 is 1.14 bits per heavy atom. The molecular weight excluding hydrogens is 321 g/mol. The average Bonchev–Trinajstić information content (AvgIpc) is 3.04. The summed E-state index contributed by atoms with van der Waals surface area (Å²) >= 11 is 12.5. The van der Waals surface area contributed by atoms with Crippen molar-refractivity contribution in [1.29, 1.82) is 0 Å². The molecule has 3 aliphatic rings. The van der Waals surface area contributed by atoms with Crippen molar-refractivity contribution in [2.45, 2.75) is 50.4 Å². The first-order valence-electron chi connectivity index (χ1n) is 8.23. The lowest BCUT2D eigenvalue weighted by Crippen LogP contribution is -2.61. The summed E-state index contributed by atoms with van der Waals surface area (Å²) in [4.78, 5) is 2.44. The molecule has 1 aromatic carbocycles. The van der Waals surface area contributed by atoms with Crippen molar-refractivity contribution in [3.8, 4) is 5.75 Å². The van der Waals surface area contributed by atoms with Gasteiger partial charge < -0.3 is 9.84 Å². The Kier molecular flexibility index (Phi) is 3.80. The number of nitrogens with zero attached hydrogens (tertiary/aromatic N) is 1. The van der Waals surface area contributed by atoms with Crippen LogP contribution in [0.4, 0.5) is 0 Å². The van der Waals surface area contributed by atoms with E-state index in [0.717, 1.165) is 44.3 Å². The fraction of sp³-hybridized carbons (Fsp3) is 0.647. The summed E-state index contributed by atoms with van der Waals surface area (Å²) in [7, 11) is 0. The molecule has 2 heterocycles. The number of benzene rings is 1. The van der Waals surface area contributed by atoms with Crippen LogP contribution in [0, 0.1) is 5.92 Å². The third kappa shape index (κ3) is 2.17. The van der Waals surface area contributed by atoms with Gasteiger partial charge in [0, 0.05) is 36.0 Å². The lowest BCUT2D eigenvalue weighted by Gasteiger charge is -2.54. The molecule has 3 atom stereocenters. The highest BCUT2D eigenvalue weighted by molar-refractivity contribution is 6.35. The van der Waals surface area contributed by atoms with Crippen LogP contribution in [0.2, 0.25) is 10.0 Å². The van der Waals surface area contributed by atoms with Crippen molar-refractivity contribution in [3.63, 3.8) is 0 Å². The predicted molar refractivity (Wildman–Crippen MR) is 87.5 cm³/mol. The predicted octanol–water partition coefficient (Wildman–Crippen LogP) is 4.40. The number of hydrogen-bond donors (Lipinski definition) is 1. The van der Waals surface area contributed by atoms with Crippen molar-refractivity contribution in [2.24, 2.45) is 5.92 Å². The molecule has 5 heteroatoms. The number of halogens is 2. The highest BCUT2D eigenvalue weighted by Gasteiger charge is 2.55. The van der Waals surface area contributed by atoms with E-state index in [1.165, 1.54) is 12.8 Å². The molecule has 2 aliphatic heterocycles. The Hall–Kier alpha value is -0.480. The molecule has 0 amide bonds. The van der Waals surface area contributed by atoms with Crippen LogP contribution in [-0.4, -0.2) is 28.8 Å². The van der Waals surface area contributed by atoms with Crippen LogP contribution in [-0.2, 0) is 0 Å². The Morgan fingerprint density at radius 3 is 2.68 bits per heavy atom. The Labute approximate surface area is 141 Å². The monoisotopic (exact) mass is 341 g/mol. The van der Waals surface area contributed by atoms with E-state index >= 15 is 0 Å². The lowest BCUT2D eigenvalue weighted by atomic mass is 9.73. The average molecular weight is 342 g/mol. The molecule has 1 saturated carbocycles. The number of likely N-dealkylation sites (tertiary alicyclic amines) is 1. The molecule has 0 aromatic heterocycles. The second-order valence-corrected chi connectivity index (χ2v) is 7.59. The lowest BCUT2D eigenvalue weighted by molar-refractivity contribution is -0.184. The SMILES string of the molecule is O[C@H]1c2cc(Cl)cc(Cl)c2O[C@@]2(N3CCCC3)CCCC[C@@H]12. The molecule has 0 radical (unpaired) electrons. The summed E-state index contributed by atoms with van der Waals surface area (Å²) in [6.45, 7) is 2.09. The largest absolute Gasteiger partial charge is 0.470 e. The van der Waals surface area contributed by atoms with E-state index in [4.69, 9.17) is 27.9 Å². The van der Waals surface area contributed by atoms with E-state index in [9.17, 15) is 5.11 Å². The molecule has 0 unspecified atom stereocenters. The topological polar surface area (TPSA) is 32.7 Å². The van der Waals surface area contributed by atoms with Crippen LogP contribution in [0.25, 0.3) is 0 Å². The fourth-order valence-electron chi connectivity index (χ4n) is 4.54. The molecule has 120 valence electrons. The van der Waals surface area contributed by atoms with Crippen LogP contribution in [0.1, 0.15) is 50.2 Å². The molecule has 4 rings (SSSR count). The second kappa shape index (κ2) is 5.55. The number of aliphatic hydroxyl groups is 1. The van der Waals surface area contributed by atoms with Crippen LogP contribution >= 0.6 is 23.2 Å². The normalized spacial score (nSPS) is 34.9. The van der Waals surface area contributed by atoms with E-state index in [-0.39, 0.29) is 5.92 Å². The number of aliphatic hydroxyl groups excluding tert-OH is 1. The van der Waals surface area contributed by atoms with Crippen molar-refractivity contribution in [3.05, 3.63) is 27.7 Å². The van der Waals surface area contributed by atoms with Gasteiger partial charge in [-0.1, -0.05) is 29.6 Å². The first kappa shape index (κ1) is 15.1. The summed E-state index contributed by atoms with van der Waals surface area (Å²) in [6, 6.07) is 3.51. The van der Waals surface area contributed by atoms with Gasteiger partial charge in [-0.05, 0) is 37.8 Å². The van der Waals surface area contributed by atoms with Gasteiger partial charge in [0.15, 0.2) is 5.72 Å². The van der Waals surface area contributed by atoms with Gasteiger partial charge in [0.05, 0.1) is 11.1 Å². The number of fused-ring (bicyclic) bond motifs is 2. The minimum Gasteiger partial charge on any atom is -0.470 e. The summed E-state index contributed by atoms with van der Waals surface area (Å²) in [5.74, 6) is 0.727. The minimum atomic E-state index is -0.555. The summed E-state index contributed by atoms with van der Waals surface area (Å²) in [5, 5.41) is 12.1. The van der Waals surface area contributed by atoms with E-state index in [0.29, 0.717) is 15.8 Å². The maximum absolute atomic E-state index is 11.0. The van der Waals surface area contributed by atoms with Gasteiger partial charge in [0.1, 0.15) is 5.75 Å². The molecule has 1 saturated heterocycles. The van der Waals surface area contributed by atoms with Gasteiger partial charge in [-0.2, -0.15) is 0 Å². The number of ether oxygens (including phenoxy) is 1. The zero-order chi connectivity index (χ0) is 15.3. The molecular formula is C17H21Cl2NO2. The fourth-order valence-corrected chi connectivity index (χ4v) is 5.09. The van der Waals surface area contributed by atoms with Crippen LogP contribution in [0.5, 0.6) is 5.75 Å². The summed E-state index contributed by atoms with van der Waals surface area (Å²) in [6.07, 6.45) is 6.09. The van der Waals surface area contributed by atoms with Gasteiger partial charge >= 0.3 is 0 Å². The van der Waals surface area contributed by atoms with Crippen molar-refractivity contribution in [1.82, 2.24) is 4.90 Å². The first-order chi connectivity index (χ1) is 10.6. The summed E-state index contributed by atoms with van der Waals surface area (Å²) < 4.78 is 6.54. The van der Waals surface area contributed by atoms with Gasteiger partial charge in [-0.3, -0.25) is 4.90 Å². The number of rotatable bonds is 1. The van der Waals surface area contributed by atoms with Gasteiger partial charge in [0.25, 0.3) is 0 Å². The molecule has 22 heavy (non-hydrogen) atoms. The zero-order valence-corrected chi connectivity index (χ0v) is 14.0. The van der Waals surface area contributed by atoms with Crippen molar-refractivity contribution >= 4 is 23.2 Å².